The van der Waals surface area contributed by atoms with Gasteiger partial charge in [0, 0.05) is 18.4 Å². The van der Waals surface area contributed by atoms with Crippen LogP contribution in [-0.2, 0) is 16.0 Å². The molecule has 3 aromatic carbocycles. The highest BCUT2D eigenvalue weighted by atomic mass is 16.6. The van der Waals surface area contributed by atoms with Gasteiger partial charge in [-0.05, 0) is 53.0 Å². The fourth-order valence-electron chi connectivity index (χ4n) is 6.78. The molecule has 0 spiro atoms. The minimum atomic E-state index is -1.28. The molecular formula is C30H29NO4. The van der Waals surface area contributed by atoms with E-state index in [0.29, 0.717) is 12.8 Å². The number of likely N-dealkylation sites (tertiary alicyclic amines) is 1. The molecule has 3 aliphatic rings. The van der Waals surface area contributed by atoms with Crippen LogP contribution in [-0.4, -0.2) is 40.3 Å². The van der Waals surface area contributed by atoms with Crippen LogP contribution >= 0.6 is 0 Å². The molecule has 3 aromatic rings. The van der Waals surface area contributed by atoms with E-state index in [2.05, 4.69) is 24.3 Å². The fraction of sp³-hybridized carbons (Fsp3) is 0.333. The summed E-state index contributed by atoms with van der Waals surface area (Å²) in [7, 11) is 0. The number of carboxylic acids is 1. The average Bonchev–Trinajstić information content (AvgIpc) is 3.54. The lowest BCUT2D eigenvalue weighted by Crippen LogP contribution is -2.57. The van der Waals surface area contributed by atoms with Crippen molar-refractivity contribution in [2.24, 2.45) is 5.92 Å². The minimum absolute atomic E-state index is 0.0540. The zero-order chi connectivity index (χ0) is 24.0. The van der Waals surface area contributed by atoms with Crippen LogP contribution in [0.2, 0.25) is 0 Å². The molecule has 2 fully saturated rings. The van der Waals surface area contributed by atoms with Gasteiger partial charge in [-0.15, -0.1) is 0 Å². The number of amides is 1. The van der Waals surface area contributed by atoms with Crippen LogP contribution in [0.1, 0.15) is 48.3 Å². The first-order valence-electron chi connectivity index (χ1n) is 12.5. The molecule has 3 atom stereocenters. The molecule has 35 heavy (non-hydrogen) atoms. The number of carbonyl (C=O) groups excluding carboxylic acids is 1. The van der Waals surface area contributed by atoms with Gasteiger partial charge in [-0.1, -0.05) is 85.3 Å². The van der Waals surface area contributed by atoms with E-state index in [-0.39, 0.29) is 24.5 Å². The summed E-state index contributed by atoms with van der Waals surface area (Å²) >= 11 is 0. The van der Waals surface area contributed by atoms with Crippen molar-refractivity contribution in [3.8, 4) is 11.1 Å². The average molecular weight is 468 g/mol. The van der Waals surface area contributed by atoms with E-state index in [1.165, 1.54) is 11.1 Å². The lowest BCUT2D eigenvalue weighted by Gasteiger charge is -2.37. The summed E-state index contributed by atoms with van der Waals surface area (Å²) in [5.74, 6) is -0.791. The zero-order valence-corrected chi connectivity index (χ0v) is 19.6. The predicted octanol–water partition coefficient (Wildman–Crippen LogP) is 5.88. The van der Waals surface area contributed by atoms with Gasteiger partial charge >= 0.3 is 12.1 Å². The van der Waals surface area contributed by atoms with Gasteiger partial charge in [-0.25, -0.2) is 9.59 Å². The van der Waals surface area contributed by atoms with Crippen LogP contribution < -0.4 is 0 Å². The second kappa shape index (κ2) is 8.56. The third kappa shape index (κ3) is 3.53. The second-order valence-corrected chi connectivity index (χ2v) is 10.1. The Bertz CT molecular complexity index is 1230. The summed E-state index contributed by atoms with van der Waals surface area (Å²) in [6.45, 7) is 0.196. The lowest BCUT2D eigenvalue weighted by atomic mass is 9.85. The van der Waals surface area contributed by atoms with Crippen molar-refractivity contribution >= 4 is 12.1 Å². The maximum atomic E-state index is 13.7. The van der Waals surface area contributed by atoms with Crippen molar-refractivity contribution in [3.63, 3.8) is 0 Å². The van der Waals surface area contributed by atoms with Crippen molar-refractivity contribution in [3.05, 3.63) is 95.6 Å². The quantitative estimate of drug-likeness (QED) is 0.509. The Hall–Kier alpha value is -3.60. The van der Waals surface area contributed by atoms with E-state index in [1.807, 2.05) is 54.6 Å². The Balaban J connectivity index is 1.30. The van der Waals surface area contributed by atoms with Gasteiger partial charge in [-0.3, -0.25) is 4.90 Å². The predicted molar refractivity (Wildman–Crippen MR) is 133 cm³/mol. The number of nitrogens with zero attached hydrogens (tertiary/aromatic N) is 1. The maximum absolute atomic E-state index is 13.7. The number of hydrogen-bond donors (Lipinski definition) is 1. The first kappa shape index (κ1) is 21.9. The minimum Gasteiger partial charge on any atom is -0.479 e. The van der Waals surface area contributed by atoms with Crippen LogP contribution in [0.4, 0.5) is 4.79 Å². The summed E-state index contributed by atoms with van der Waals surface area (Å²) in [6.07, 6.45) is 3.08. The number of benzene rings is 3. The van der Waals surface area contributed by atoms with Gasteiger partial charge in [0.2, 0.25) is 0 Å². The number of aliphatic carboxylic acids is 1. The van der Waals surface area contributed by atoms with Crippen LogP contribution in [0.25, 0.3) is 11.1 Å². The summed E-state index contributed by atoms with van der Waals surface area (Å²) in [5.41, 5.74) is 4.28. The van der Waals surface area contributed by atoms with Crippen LogP contribution in [0.15, 0.2) is 78.9 Å². The Morgan fingerprint density at radius 1 is 0.886 bits per heavy atom. The number of hydrogen-bond acceptors (Lipinski definition) is 3. The largest absolute Gasteiger partial charge is 0.479 e. The number of fused-ring (bicyclic) bond motifs is 4. The molecule has 1 N–H and O–H groups in total. The Kier molecular flexibility index (Phi) is 5.36. The van der Waals surface area contributed by atoms with E-state index in [4.69, 9.17) is 4.74 Å². The fourth-order valence-corrected chi connectivity index (χ4v) is 6.78. The molecule has 0 bridgehead atoms. The van der Waals surface area contributed by atoms with Crippen molar-refractivity contribution < 1.29 is 19.4 Å². The highest BCUT2D eigenvalue weighted by molar-refractivity contribution is 5.86. The molecule has 5 nitrogen and oxygen atoms in total. The molecule has 1 saturated carbocycles. The molecule has 6 rings (SSSR count). The summed E-state index contributed by atoms with van der Waals surface area (Å²) in [4.78, 5) is 28.1. The Labute approximate surface area is 205 Å². The maximum Gasteiger partial charge on any atom is 0.411 e. The van der Waals surface area contributed by atoms with E-state index >= 15 is 0 Å². The zero-order valence-electron chi connectivity index (χ0n) is 19.6. The molecule has 1 heterocycles. The number of carbonyl (C=O) groups is 2. The monoisotopic (exact) mass is 467 g/mol. The third-order valence-corrected chi connectivity index (χ3v) is 8.28. The molecule has 0 aromatic heterocycles. The highest BCUT2D eigenvalue weighted by Gasteiger charge is 2.60. The molecule has 0 unspecified atom stereocenters. The van der Waals surface area contributed by atoms with Crippen molar-refractivity contribution in [2.75, 3.05) is 6.61 Å². The van der Waals surface area contributed by atoms with Crippen molar-refractivity contribution in [2.45, 2.75) is 49.6 Å². The number of carboxylic acid groups (broad SMARTS) is 1. The summed E-state index contributed by atoms with van der Waals surface area (Å²) in [6, 6.07) is 26.0. The SMILES string of the molecule is O=C(OCC1c2ccccc2-c2ccccc21)N1[C@H]2CCC[C@H]2C[C@]1(Cc1ccccc1)C(=O)O. The number of rotatable bonds is 5. The van der Waals surface area contributed by atoms with E-state index < -0.39 is 17.6 Å². The van der Waals surface area contributed by atoms with Gasteiger partial charge < -0.3 is 9.84 Å². The molecule has 5 heteroatoms. The Morgan fingerprint density at radius 3 is 2.17 bits per heavy atom. The standard InChI is InChI=1S/C30H29NO4/c32-28(33)30(17-20-9-2-1-3-10-20)18-21-11-8-16-27(21)31(30)29(34)35-19-26-24-14-6-4-12-22(24)23-13-5-7-15-25(23)26/h1-7,9-10,12-15,21,26-27H,8,11,16-19H2,(H,32,33)/t21-,27-,30+/m0/s1. The van der Waals surface area contributed by atoms with Gasteiger partial charge in [0.1, 0.15) is 12.1 Å². The van der Waals surface area contributed by atoms with Gasteiger partial charge in [-0.2, -0.15) is 0 Å². The molecule has 0 radical (unpaired) electrons. The van der Waals surface area contributed by atoms with E-state index in [0.717, 1.165) is 36.0 Å². The molecule has 1 aliphatic heterocycles. The van der Waals surface area contributed by atoms with Gasteiger partial charge in [0.25, 0.3) is 0 Å². The van der Waals surface area contributed by atoms with Gasteiger partial charge in [0.15, 0.2) is 0 Å². The molecule has 1 saturated heterocycles. The van der Waals surface area contributed by atoms with Crippen LogP contribution in [0, 0.1) is 5.92 Å². The topological polar surface area (TPSA) is 66.8 Å². The normalized spacial score (nSPS) is 24.6. The second-order valence-electron chi connectivity index (χ2n) is 10.1. The summed E-state index contributed by atoms with van der Waals surface area (Å²) < 4.78 is 6.00. The first-order chi connectivity index (χ1) is 17.1. The highest BCUT2D eigenvalue weighted by Crippen LogP contribution is 2.49. The summed E-state index contributed by atoms with van der Waals surface area (Å²) in [5, 5.41) is 10.5. The first-order valence-corrected chi connectivity index (χ1v) is 12.5. The Morgan fingerprint density at radius 2 is 1.51 bits per heavy atom. The smallest absolute Gasteiger partial charge is 0.411 e. The van der Waals surface area contributed by atoms with Crippen LogP contribution in [0.3, 0.4) is 0 Å². The molecule has 178 valence electrons. The molecular weight excluding hydrogens is 438 g/mol. The molecule has 1 amide bonds. The molecule has 2 aliphatic carbocycles. The number of ether oxygens (including phenoxy) is 1. The van der Waals surface area contributed by atoms with Crippen molar-refractivity contribution in [1.82, 2.24) is 4.90 Å². The van der Waals surface area contributed by atoms with Crippen molar-refractivity contribution in [1.29, 1.82) is 0 Å². The van der Waals surface area contributed by atoms with Gasteiger partial charge in [0.05, 0.1) is 0 Å². The van der Waals surface area contributed by atoms with E-state index in [9.17, 15) is 14.7 Å². The van der Waals surface area contributed by atoms with Crippen LogP contribution in [0.5, 0.6) is 0 Å². The lowest BCUT2D eigenvalue weighted by molar-refractivity contribution is -0.149. The van der Waals surface area contributed by atoms with E-state index in [1.54, 1.807) is 4.90 Å². The third-order valence-electron chi connectivity index (χ3n) is 8.28.